The van der Waals surface area contributed by atoms with Gasteiger partial charge < -0.3 is 15.5 Å². The van der Waals surface area contributed by atoms with Gasteiger partial charge in [-0.2, -0.15) is 0 Å². The lowest BCUT2D eigenvalue weighted by atomic mass is 10.2. The molecule has 5 heteroatoms. The molecule has 22 heavy (non-hydrogen) atoms. The Bertz CT molecular complexity index is 606. The molecule has 1 saturated heterocycles. The van der Waals surface area contributed by atoms with Gasteiger partial charge in [0.15, 0.2) is 0 Å². The van der Waals surface area contributed by atoms with Gasteiger partial charge in [-0.25, -0.2) is 9.97 Å². The SMILES string of the molecule is Cc1cc(CCN)nc(N2CCN(c3ccccc3)CC2)n1. The van der Waals surface area contributed by atoms with E-state index in [0.717, 1.165) is 49.9 Å². The molecule has 0 bridgehead atoms. The molecule has 0 radical (unpaired) electrons. The van der Waals surface area contributed by atoms with Crippen molar-refractivity contribution in [1.29, 1.82) is 0 Å². The lowest BCUT2D eigenvalue weighted by molar-refractivity contribution is 0.637. The molecule has 0 atom stereocenters. The van der Waals surface area contributed by atoms with Gasteiger partial charge in [-0.05, 0) is 31.7 Å². The van der Waals surface area contributed by atoms with Crippen LogP contribution in [0.25, 0.3) is 0 Å². The van der Waals surface area contributed by atoms with Crippen molar-refractivity contribution in [2.45, 2.75) is 13.3 Å². The van der Waals surface area contributed by atoms with Crippen LogP contribution in [0.15, 0.2) is 36.4 Å². The van der Waals surface area contributed by atoms with Crippen molar-refractivity contribution in [3.8, 4) is 0 Å². The molecule has 3 rings (SSSR count). The molecule has 0 unspecified atom stereocenters. The van der Waals surface area contributed by atoms with Gasteiger partial charge in [0.25, 0.3) is 0 Å². The second kappa shape index (κ2) is 6.75. The number of hydrogen-bond acceptors (Lipinski definition) is 5. The summed E-state index contributed by atoms with van der Waals surface area (Å²) < 4.78 is 0. The van der Waals surface area contributed by atoms with Crippen LogP contribution in [0.1, 0.15) is 11.4 Å². The molecule has 1 aliphatic heterocycles. The van der Waals surface area contributed by atoms with E-state index in [-0.39, 0.29) is 0 Å². The van der Waals surface area contributed by atoms with Crippen LogP contribution < -0.4 is 15.5 Å². The van der Waals surface area contributed by atoms with Crippen LogP contribution in [-0.4, -0.2) is 42.7 Å². The van der Waals surface area contributed by atoms with Crippen molar-refractivity contribution in [1.82, 2.24) is 9.97 Å². The summed E-state index contributed by atoms with van der Waals surface area (Å²) in [6.07, 6.45) is 0.806. The average Bonchev–Trinajstić information content (AvgIpc) is 2.56. The van der Waals surface area contributed by atoms with E-state index in [2.05, 4.69) is 50.1 Å². The number of aryl methyl sites for hydroxylation is 1. The van der Waals surface area contributed by atoms with Gasteiger partial charge >= 0.3 is 0 Å². The van der Waals surface area contributed by atoms with E-state index < -0.39 is 0 Å². The molecule has 116 valence electrons. The van der Waals surface area contributed by atoms with Gasteiger partial charge in [0.05, 0.1) is 0 Å². The zero-order chi connectivity index (χ0) is 15.4. The Labute approximate surface area is 131 Å². The van der Waals surface area contributed by atoms with E-state index in [9.17, 15) is 0 Å². The highest BCUT2D eigenvalue weighted by Crippen LogP contribution is 2.18. The Morgan fingerprint density at radius 2 is 1.68 bits per heavy atom. The van der Waals surface area contributed by atoms with E-state index >= 15 is 0 Å². The summed E-state index contributed by atoms with van der Waals surface area (Å²) in [6, 6.07) is 12.6. The zero-order valence-electron chi connectivity index (χ0n) is 13.1. The first kappa shape index (κ1) is 14.8. The molecule has 2 N–H and O–H groups in total. The van der Waals surface area contributed by atoms with E-state index in [0.29, 0.717) is 6.54 Å². The summed E-state index contributed by atoms with van der Waals surface area (Å²) in [4.78, 5) is 13.9. The Morgan fingerprint density at radius 1 is 1.00 bits per heavy atom. The highest BCUT2D eigenvalue weighted by Gasteiger charge is 2.19. The van der Waals surface area contributed by atoms with Crippen LogP contribution >= 0.6 is 0 Å². The standard InChI is InChI=1S/C17H23N5/c1-14-13-15(7-8-18)20-17(19-14)22-11-9-21(10-12-22)16-5-3-2-4-6-16/h2-6,13H,7-12,18H2,1H3. The summed E-state index contributed by atoms with van der Waals surface area (Å²) in [5.41, 5.74) is 8.98. The van der Waals surface area contributed by atoms with Crippen molar-refractivity contribution in [2.24, 2.45) is 5.73 Å². The first-order chi connectivity index (χ1) is 10.8. The minimum Gasteiger partial charge on any atom is -0.368 e. The Morgan fingerprint density at radius 3 is 2.36 bits per heavy atom. The largest absolute Gasteiger partial charge is 0.368 e. The van der Waals surface area contributed by atoms with Crippen LogP contribution in [0.3, 0.4) is 0 Å². The lowest BCUT2D eigenvalue weighted by Crippen LogP contribution is -2.47. The van der Waals surface area contributed by atoms with Gasteiger partial charge in [-0.1, -0.05) is 18.2 Å². The van der Waals surface area contributed by atoms with Crippen molar-refractivity contribution < 1.29 is 0 Å². The van der Waals surface area contributed by atoms with Crippen LogP contribution in [0, 0.1) is 6.92 Å². The number of nitrogens with zero attached hydrogens (tertiary/aromatic N) is 4. The average molecular weight is 297 g/mol. The fourth-order valence-electron chi connectivity index (χ4n) is 2.84. The lowest BCUT2D eigenvalue weighted by Gasteiger charge is -2.36. The number of nitrogens with two attached hydrogens (primary N) is 1. The second-order valence-corrected chi connectivity index (χ2v) is 5.65. The van der Waals surface area contributed by atoms with Crippen molar-refractivity contribution in [2.75, 3.05) is 42.5 Å². The number of benzene rings is 1. The molecule has 2 aromatic rings. The zero-order valence-corrected chi connectivity index (χ0v) is 13.1. The van der Waals surface area contributed by atoms with E-state index in [4.69, 9.17) is 5.73 Å². The summed E-state index contributed by atoms with van der Waals surface area (Å²) >= 11 is 0. The summed E-state index contributed by atoms with van der Waals surface area (Å²) in [5, 5.41) is 0. The first-order valence-electron chi connectivity index (χ1n) is 7.86. The fraction of sp³-hybridized carbons (Fsp3) is 0.412. The van der Waals surface area contributed by atoms with Crippen LogP contribution in [-0.2, 0) is 6.42 Å². The second-order valence-electron chi connectivity index (χ2n) is 5.65. The van der Waals surface area contributed by atoms with Crippen molar-refractivity contribution >= 4 is 11.6 Å². The molecule has 1 aliphatic rings. The molecule has 1 fully saturated rings. The number of piperazine rings is 1. The van der Waals surface area contributed by atoms with E-state index in [1.807, 2.05) is 13.0 Å². The predicted molar refractivity (Wildman–Crippen MR) is 90.4 cm³/mol. The van der Waals surface area contributed by atoms with Gasteiger partial charge in [0.2, 0.25) is 5.95 Å². The number of para-hydroxylation sites is 1. The van der Waals surface area contributed by atoms with Gasteiger partial charge in [0.1, 0.15) is 0 Å². The molecule has 0 aliphatic carbocycles. The molecular formula is C17H23N5. The molecule has 2 heterocycles. The minimum atomic E-state index is 0.623. The summed E-state index contributed by atoms with van der Waals surface area (Å²) in [6.45, 7) is 6.52. The highest BCUT2D eigenvalue weighted by atomic mass is 15.3. The fourth-order valence-corrected chi connectivity index (χ4v) is 2.84. The van der Waals surface area contributed by atoms with Gasteiger partial charge in [-0.3, -0.25) is 0 Å². The molecule has 1 aromatic carbocycles. The smallest absolute Gasteiger partial charge is 0.225 e. The molecular weight excluding hydrogens is 274 g/mol. The topological polar surface area (TPSA) is 58.3 Å². The molecule has 0 amide bonds. The third-order valence-electron chi connectivity index (χ3n) is 3.98. The van der Waals surface area contributed by atoms with Crippen LogP contribution in [0.4, 0.5) is 11.6 Å². The Kier molecular flexibility index (Phi) is 4.53. The Hall–Kier alpha value is -2.14. The maximum absolute atomic E-state index is 5.64. The third-order valence-corrected chi connectivity index (χ3v) is 3.98. The quantitative estimate of drug-likeness (QED) is 0.929. The number of anilines is 2. The minimum absolute atomic E-state index is 0.623. The molecule has 0 spiro atoms. The first-order valence-corrected chi connectivity index (χ1v) is 7.86. The Balaban J connectivity index is 1.68. The van der Waals surface area contributed by atoms with E-state index in [1.54, 1.807) is 0 Å². The molecule has 5 nitrogen and oxygen atoms in total. The van der Waals surface area contributed by atoms with Crippen molar-refractivity contribution in [3.05, 3.63) is 47.8 Å². The highest BCUT2D eigenvalue weighted by molar-refractivity contribution is 5.48. The third kappa shape index (κ3) is 3.36. The maximum atomic E-state index is 5.64. The number of aromatic nitrogens is 2. The molecule has 0 saturated carbocycles. The summed E-state index contributed by atoms with van der Waals surface area (Å²) in [5.74, 6) is 0.844. The molecule has 1 aromatic heterocycles. The monoisotopic (exact) mass is 297 g/mol. The van der Waals surface area contributed by atoms with Gasteiger partial charge in [0, 0.05) is 49.7 Å². The summed E-state index contributed by atoms with van der Waals surface area (Å²) in [7, 11) is 0. The van der Waals surface area contributed by atoms with Crippen molar-refractivity contribution in [3.63, 3.8) is 0 Å². The van der Waals surface area contributed by atoms with Crippen LogP contribution in [0.2, 0.25) is 0 Å². The van der Waals surface area contributed by atoms with Crippen LogP contribution in [0.5, 0.6) is 0 Å². The predicted octanol–water partition coefficient (Wildman–Crippen LogP) is 1.61. The number of hydrogen-bond donors (Lipinski definition) is 1. The maximum Gasteiger partial charge on any atom is 0.225 e. The van der Waals surface area contributed by atoms with Gasteiger partial charge in [-0.15, -0.1) is 0 Å². The van der Waals surface area contributed by atoms with E-state index in [1.165, 1.54) is 5.69 Å². The normalized spacial score (nSPS) is 15.2. The number of rotatable bonds is 4.